The molecule has 5 heteroatoms. The minimum Gasteiger partial charge on any atom is -0.380 e. The predicted octanol–water partition coefficient (Wildman–Crippen LogP) is 1.48. The predicted molar refractivity (Wildman–Crippen MR) is 57.9 cm³/mol. The van der Waals surface area contributed by atoms with Crippen LogP contribution in [0, 0.1) is 0 Å². The Morgan fingerprint density at radius 3 is 3.07 bits per heavy atom. The highest BCUT2D eigenvalue weighted by Gasteiger charge is 1.96. The summed E-state index contributed by atoms with van der Waals surface area (Å²) in [5, 5.41) is 3.21. The van der Waals surface area contributed by atoms with Crippen LogP contribution in [0.4, 0.5) is 5.95 Å². The lowest BCUT2D eigenvalue weighted by Crippen LogP contribution is -2.09. The van der Waals surface area contributed by atoms with Crippen LogP contribution in [-0.4, -0.2) is 35.2 Å². The number of aromatic nitrogens is 2. The smallest absolute Gasteiger partial charge is 0.202 e. The van der Waals surface area contributed by atoms with Crippen LogP contribution in [0.5, 0.6) is 0 Å². The van der Waals surface area contributed by atoms with Crippen LogP contribution < -0.4 is 5.32 Å². The maximum Gasteiger partial charge on any atom is 0.202 e. The van der Waals surface area contributed by atoms with Crippen LogP contribution in [0.1, 0.15) is 6.42 Å². The topological polar surface area (TPSA) is 39.1 Å². The van der Waals surface area contributed by atoms with Crippen molar-refractivity contribution in [3.63, 3.8) is 0 Å². The van der Waals surface area contributed by atoms with Gasteiger partial charge in [0.25, 0.3) is 0 Å². The molecule has 0 bridgehead atoms. The van der Waals surface area contributed by atoms with Crippen LogP contribution in [0.3, 0.4) is 0 Å². The summed E-state index contributed by atoms with van der Waals surface area (Å²) >= 11 is 5.46. The van der Waals surface area contributed by atoms with E-state index in [-0.39, 0.29) is 0 Å². The molecule has 80 valence electrons. The third kappa shape index (κ3) is 3.98. The van der Waals surface area contributed by atoms with Crippen molar-refractivity contribution in [3.8, 4) is 0 Å². The highest BCUT2D eigenvalue weighted by Crippen LogP contribution is 2.00. The monoisotopic (exact) mass is 217 g/mol. The number of ether oxygens (including phenoxy) is 1. The van der Waals surface area contributed by atoms with E-state index >= 15 is 0 Å². The fourth-order valence-corrected chi connectivity index (χ4v) is 1.18. The van der Waals surface area contributed by atoms with Crippen LogP contribution in [0.25, 0.3) is 0 Å². The van der Waals surface area contributed by atoms with E-state index in [0.717, 1.165) is 25.5 Å². The van der Waals surface area contributed by atoms with E-state index in [0.29, 0.717) is 12.5 Å². The number of halogens is 1. The van der Waals surface area contributed by atoms with Crippen molar-refractivity contribution in [3.05, 3.63) is 12.4 Å². The lowest BCUT2D eigenvalue weighted by atomic mass is 10.4. The van der Waals surface area contributed by atoms with E-state index in [4.69, 9.17) is 16.3 Å². The third-order valence-electron chi connectivity index (χ3n) is 1.79. The number of nitrogens with one attached hydrogen (secondary N) is 1. The fourth-order valence-electron chi connectivity index (χ4n) is 1.07. The third-order valence-corrected chi connectivity index (χ3v) is 1.95. The van der Waals surface area contributed by atoms with Gasteiger partial charge in [-0.2, -0.15) is 0 Å². The molecule has 0 spiro atoms. The molecule has 0 aliphatic rings. The van der Waals surface area contributed by atoms with Crippen LogP contribution in [0.15, 0.2) is 12.4 Å². The maximum atomic E-state index is 5.46. The second-order valence-corrected chi connectivity index (χ2v) is 3.32. The Labute approximate surface area is 89.2 Å². The van der Waals surface area contributed by atoms with Gasteiger partial charge in [-0.3, -0.25) is 0 Å². The van der Waals surface area contributed by atoms with Crippen LogP contribution in [0.2, 0.25) is 0 Å². The summed E-state index contributed by atoms with van der Waals surface area (Å²) in [5.41, 5.74) is 0. The lowest BCUT2D eigenvalue weighted by molar-refractivity contribution is 0.149. The number of rotatable bonds is 7. The average Bonchev–Trinajstić information content (AvgIpc) is 2.58. The average molecular weight is 218 g/mol. The van der Waals surface area contributed by atoms with Crippen molar-refractivity contribution in [1.82, 2.24) is 9.55 Å². The summed E-state index contributed by atoms with van der Waals surface area (Å²) in [6.07, 6.45) is 4.64. The second-order valence-electron chi connectivity index (χ2n) is 2.94. The van der Waals surface area contributed by atoms with Gasteiger partial charge >= 0.3 is 0 Å². The van der Waals surface area contributed by atoms with E-state index in [1.807, 2.05) is 17.8 Å². The molecule has 14 heavy (non-hydrogen) atoms. The summed E-state index contributed by atoms with van der Waals surface area (Å²) in [7, 11) is 1.96. The van der Waals surface area contributed by atoms with Gasteiger partial charge in [0.15, 0.2) is 0 Å². The number of hydrogen-bond acceptors (Lipinski definition) is 3. The molecule has 4 nitrogen and oxygen atoms in total. The van der Waals surface area contributed by atoms with Gasteiger partial charge in [0.05, 0.1) is 6.61 Å². The molecule has 0 amide bonds. The minimum absolute atomic E-state index is 0.562. The van der Waals surface area contributed by atoms with Crippen molar-refractivity contribution in [2.24, 2.45) is 7.05 Å². The first-order valence-corrected chi connectivity index (χ1v) is 5.23. The molecule has 0 unspecified atom stereocenters. The normalized spacial score (nSPS) is 10.4. The molecule has 1 aromatic heterocycles. The molecule has 1 aromatic rings. The Morgan fingerprint density at radius 1 is 1.57 bits per heavy atom. The number of hydrogen-bond donors (Lipinski definition) is 1. The molecule has 0 atom stereocenters. The van der Waals surface area contributed by atoms with Gasteiger partial charge in [0, 0.05) is 38.5 Å². The summed E-state index contributed by atoms with van der Waals surface area (Å²) in [5.74, 6) is 1.45. The number of alkyl halides is 1. The van der Waals surface area contributed by atoms with E-state index in [2.05, 4.69) is 10.3 Å². The molecule has 0 aromatic carbocycles. The maximum absolute atomic E-state index is 5.46. The van der Waals surface area contributed by atoms with Crippen molar-refractivity contribution >= 4 is 17.5 Å². The largest absolute Gasteiger partial charge is 0.380 e. The Balaban J connectivity index is 2.02. The first-order chi connectivity index (χ1) is 6.84. The molecule has 0 saturated carbocycles. The molecule has 0 aliphatic heterocycles. The van der Waals surface area contributed by atoms with E-state index in [1.54, 1.807) is 6.20 Å². The van der Waals surface area contributed by atoms with Crippen molar-refractivity contribution < 1.29 is 4.74 Å². The van der Waals surface area contributed by atoms with Crippen molar-refractivity contribution in [1.29, 1.82) is 0 Å². The van der Waals surface area contributed by atoms with Gasteiger partial charge in [0.1, 0.15) is 0 Å². The first-order valence-electron chi connectivity index (χ1n) is 4.69. The van der Waals surface area contributed by atoms with Gasteiger partial charge in [-0.25, -0.2) is 4.98 Å². The quantitative estimate of drug-likeness (QED) is 0.556. The molecule has 1 rings (SSSR count). The van der Waals surface area contributed by atoms with E-state index < -0.39 is 0 Å². The van der Waals surface area contributed by atoms with Crippen molar-refractivity contribution in [2.75, 3.05) is 31.0 Å². The molecule has 0 fully saturated rings. The second kappa shape index (κ2) is 6.68. The first kappa shape index (κ1) is 11.3. The molecule has 0 aliphatic carbocycles. The Morgan fingerprint density at radius 2 is 2.43 bits per heavy atom. The van der Waals surface area contributed by atoms with Crippen LogP contribution in [-0.2, 0) is 11.8 Å². The Kier molecular flexibility index (Phi) is 5.40. The zero-order valence-corrected chi connectivity index (χ0v) is 9.13. The molecule has 0 saturated heterocycles. The number of nitrogens with zero attached hydrogens (tertiary/aromatic N) is 2. The van der Waals surface area contributed by atoms with Crippen molar-refractivity contribution in [2.45, 2.75) is 6.42 Å². The standard InChI is InChI=1S/C9H16ClN3O/c1-13-6-5-12-9(13)11-4-2-7-14-8-3-10/h5-6H,2-4,7-8H2,1H3,(H,11,12). The summed E-state index contributed by atoms with van der Waals surface area (Å²) in [4.78, 5) is 4.14. The highest BCUT2D eigenvalue weighted by molar-refractivity contribution is 6.17. The fraction of sp³-hybridized carbons (Fsp3) is 0.667. The SMILES string of the molecule is Cn1ccnc1NCCCOCCCl. The highest BCUT2D eigenvalue weighted by atomic mass is 35.5. The molecular formula is C9H16ClN3O. The number of aryl methyl sites for hydroxylation is 1. The zero-order chi connectivity index (χ0) is 10.2. The Hall–Kier alpha value is -0.740. The van der Waals surface area contributed by atoms with Gasteiger partial charge in [-0.1, -0.05) is 0 Å². The molecule has 1 heterocycles. The summed E-state index contributed by atoms with van der Waals surface area (Å²) in [6.45, 7) is 2.24. The van der Waals surface area contributed by atoms with Crippen LogP contribution >= 0.6 is 11.6 Å². The van der Waals surface area contributed by atoms with Gasteiger partial charge in [-0.05, 0) is 6.42 Å². The number of imidazole rings is 1. The summed E-state index contributed by atoms with van der Waals surface area (Å²) in [6, 6.07) is 0. The van der Waals surface area contributed by atoms with E-state index in [1.165, 1.54) is 0 Å². The summed E-state index contributed by atoms with van der Waals surface area (Å²) < 4.78 is 7.18. The zero-order valence-electron chi connectivity index (χ0n) is 8.37. The minimum atomic E-state index is 0.562. The Bertz CT molecular complexity index is 252. The van der Waals surface area contributed by atoms with Gasteiger partial charge < -0.3 is 14.6 Å². The molecule has 1 N–H and O–H groups in total. The van der Waals surface area contributed by atoms with Gasteiger partial charge in [0.2, 0.25) is 5.95 Å². The van der Waals surface area contributed by atoms with Gasteiger partial charge in [-0.15, -0.1) is 11.6 Å². The van der Waals surface area contributed by atoms with E-state index in [9.17, 15) is 0 Å². The molecular weight excluding hydrogens is 202 g/mol. The number of anilines is 1. The lowest BCUT2D eigenvalue weighted by Gasteiger charge is -2.05. The molecule has 0 radical (unpaired) electrons.